The van der Waals surface area contributed by atoms with E-state index in [0.717, 1.165) is 25.7 Å². The number of amides is 1. The fourth-order valence-electron chi connectivity index (χ4n) is 4.81. The molecule has 6 heteroatoms. The molecule has 1 saturated heterocycles. The average Bonchev–Trinajstić information content (AvgIpc) is 3.13. The van der Waals surface area contributed by atoms with E-state index >= 15 is 0 Å². The normalized spacial score (nSPS) is 19.4. The summed E-state index contributed by atoms with van der Waals surface area (Å²) in [5, 5.41) is 11.4. The van der Waals surface area contributed by atoms with Crippen molar-refractivity contribution in [3.8, 4) is 5.75 Å². The number of fused-ring (bicyclic) bond motifs is 1. The minimum Gasteiger partial charge on any atom is -0.507 e. The molecule has 2 aromatic carbocycles. The molecule has 0 spiro atoms. The minimum atomic E-state index is -0.805. The molecule has 33 heavy (non-hydrogen) atoms. The number of aryl methyl sites for hydroxylation is 2. The van der Waals surface area contributed by atoms with Crippen molar-refractivity contribution in [2.24, 2.45) is 0 Å². The summed E-state index contributed by atoms with van der Waals surface area (Å²) >= 11 is 0. The number of carbonyl (C=O) groups is 2. The molecule has 1 amide bonds. The van der Waals surface area contributed by atoms with Crippen LogP contribution in [0.5, 0.6) is 5.75 Å². The maximum Gasteiger partial charge on any atom is 0.300 e. The van der Waals surface area contributed by atoms with Crippen LogP contribution in [0, 0.1) is 0 Å². The predicted octanol–water partition coefficient (Wildman–Crippen LogP) is 4.60. The second-order valence-electron chi connectivity index (χ2n) is 8.31. The zero-order chi connectivity index (χ0) is 22.9. The first-order valence-electron chi connectivity index (χ1n) is 11.1. The number of rotatable bonds is 4. The summed E-state index contributed by atoms with van der Waals surface area (Å²) < 4.78 is 5.47. The van der Waals surface area contributed by atoms with E-state index in [9.17, 15) is 14.7 Å². The lowest BCUT2D eigenvalue weighted by Crippen LogP contribution is -2.29. The summed E-state index contributed by atoms with van der Waals surface area (Å²) in [5.41, 5.74) is 4.21. The second-order valence-corrected chi connectivity index (χ2v) is 8.31. The summed E-state index contributed by atoms with van der Waals surface area (Å²) in [5.74, 6) is -1.13. The monoisotopic (exact) mass is 440 g/mol. The van der Waals surface area contributed by atoms with Crippen molar-refractivity contribution >= 4 is 23.1 Å². The van der Waals surface area contributed by atoms with E-state index in [1.54, 1.807) is 48.8 Å². The fourth-order valence-corrected chi connectivity index (χ4v) is 4.81. The van der Waals surface area contributed by atoms with Gasteiger partial charge in [0, 0.05) is 18.0 Å². The van der Waals surface area contributed by atoms with Crippen molar-refractivity contribution in [2.75, 3.05) is 12.0 Å². The number of ketones is 1. The Morgan fingerprint density at radius 3 is 2.48 bits per heavy atom. The number of methoxy groups -OCH3 is 1. The number of aliphatic hydroxyl groups excluding tert-OH is 1. The van der Waals surface area contributed by atoms with Gasteiger partial charge in [-0.2, -0.15) is 0 Å². The smallest absolute Gasteiger partial charge is 0.300 e. The van der Waals surface area contributed by atoms with Gasteiger partial charge in [0.05, 0.1) is 24.4 Å². The van der Waals surface area contributed by atoms with Crippen LogP contribution in [0.3, 0.4) is 0 Å². The minimum absolute atomic E-state index is 0.0628. The maximum atomic E-state index is 13.3. The van der Waals surface area contributed by atoms with Gasteiger partial charge in [0.1, 0.15) is 11.5 Å². The van der Waals surface area contributed by atoms with Gasteiger partial charge < -0.3 is 9.84 Å². The number of Topliss-reactive ketones (excluding diaryl/α,β-unsaturated/α-hetero) is 1. The van der Waals surface area contributed by atoms with Crippen molar-refractivity contribution in [2.45, 2.75) is 31.7 Å². The van der Waals surface area contributed by atoms with Crippen LogP contribution in [0.4, 0.5) is 5.69 Å². The second kappa shape index (κ2) is 8.54. The van der Waals surface area contributed by atoms with Crippen LogP contribution in [-0.2, 0) is 22.4 Å². The largest absolute Gasteiger partial charge is 0.507 e. The molecule has 1 N–H and O–H groups in total. The number of aliphatic hydroxyl groups is 1. The van der Waals surface area contributed by atoms with Gasteiger partial charge in [0.2, 0.25) is 0 Å². The molecule has 1 unspecified atom stereocenters. The Balaban J connectivity index is 1.70. The summed E-state index contributed by atoms with van der Waals surface area (Å²) in [7, 11) is 1.52. The molecule has 1 aromatic heterocycles. The first-order chi connectivity index (χ1) is 16.1. The number of hydrogen-bond donors (Lipinski definition) is 1. The van der Waals surface area contributed by atoms with E-state index in [4.69, 9.17) is 4.74 Å². The number of ether oxygens (including phenoxy) is 1. The molecule has 5 rings (SSSR count). The number of aromatic nitrogens is 1. The van der Waals surface area contributed by atoms with Gasteiger partial charge in [0.15, 0.2) is 0 Å². The number of anilines is 1. The molecule has 0 radical (unpaired) electrons. The van der Waals surface area contributed by atoms with Crippen molar-refractivity contribution in [3.05, 3.63) is 94.8 Å². The van der Waals surface area contributed by atoms with Crippen LogP contribution in [0.15, 0.2) is 72.6 Å². The molecule has 2 heterocycles. The topological polar surface area (TPSA) is 79.7 Å². The van der Waals surface area contributed by atoms with Crippen LogP contribution in [-0.4, -0.2) is 28.9 Å². The number of benzene rings is 2. The van der Waals surface area contributed by atoms with Crippen molar-refractivity contribution in [3.63, 3.8) is 0 Å². The molecule has 6 nitrogen and oxygen atoms in total. The highest BCUT2D eigenvalue weighted by atomic mass is 16.5. The lowest BCUT2D eigenvalue weighted by Gasteiger charge is -2.26. The quantitative estimate of drug-likeness (QED) is 0.365. The van der Waals surface area contributed by atoms with Gasteiger partial charge in [-0.25, -0.2) is 0 Å². The number of para-hydroxylation sites is 2. The number of nitrogens with zero attached hydrogens (tertiary/aromatic N) is 2. The van der Waals surface area contributed by atoms with E-state index in [0.29, 0.717) is 22.6 Å². The fraction of sp³-hybridized carbons (Fsp3) is 0.222. The molecule has 1 atom stereocenters. The van der Waals surface area contributed by atoms with Gasteiger partial charge in [0.25, 0.3) is 11.7 Å². The number of carbonyl (C=O) groups excluding carboxylic acids is 2. The zero-order valence-electron chi connectivity index (χ0n) is 18.3. The molecule has 2 aliphatic rings. The van der Waals surface area contributed by atoms with Gasteiger partial charge in [-0.1, -0.05) is 24.3 Å². The molecule has 0 bridgehead atoms. The Kier molecular flexibility index (Phi) is 5.42. The molecule has 166 valence electrons. The lowest BCUT2D eigenvalue weighted by atomic mass is 9.89. The van der Waals surface area contributed by atoms with Gasteiger partial charge in [-0.3, -0.25) is 19.5 Å². The molecule has 3 aromatic rings. The Morgan fingerprint density at radius 2 is 1.73 bits per heavy atom. The highest BCUT2D eigenvalue weighted by molar-refractivity contribution is 6.51. The molecule has 1 aliphatic heterocycles. The molecular formula is C27H24N2O4. The average molecular weight is 440 g/mol. The van der Waals surface area contributed by atoms with Crippen molar-refractivity contribution < 1.29 is 19.4 Å². The third-order valence-corrected chi connectivity index (χ3v) is 6.43. The molecular weight excluding hydrogens is 416 g/mol. The van der Waals surface area contributed by atoms with Crippen LogP contribution in [0.1, 0.15) is 41.1 Å². The maximum absolute atomic E-state index is 13.3. The van der Waals surface area contributed by atoms with E-state index in [-0.39, 0.29) is 11.3 Å². The Bertz CT molecular complexity index is 1270. The third kappa shape index (κ3) is 3.57. The first-order valence-corrected chi connectivity index (χ1v) is 11.1. The molecule has 1 aliphatic carbocycles. The van der Waals surface area contributed by atoms with E-state index in [2.05, 4.69) is 4.98 Å². The van der Waals surface area contributed by atoms with Crippen LogP contribution in [0.2, 0.25) is 0 Å². The van der Waals surface area contributed by atoms with Gasteiger partial charge in [-0.05, 0) is 72.7 Å². The van der Waals surface area contributed by atoms with Crippen molar-refractivity contribution in [1.82, 2.24) is 4.98 Å². The molecule has 0 saturated carbocycles. The number of pyridine rings is 1. The summed E-state index contributed by atoms with van der Waals surface area (Å²) in [6.07, 6.45) is 7.44. The third-order valence-electron chi connectivity index (χ3n) is 6.43. The van der Waals surface area contributed by atoms with E-state index < -0.39 is 17.7 Å². The highest BCUT2D eigenvalue weighted by Gasteiger charge is 2.47. The van der Waals surface area contributed by atoms with Crippen LogP contribution < -0.4 is 9.64 Å². The SMILES string of the molecule is COc1ccccc1N1C(=O)C(=O)/C(=C(\O)c2ccc3c(c2)CCCC3)C1c1ccncc1. The van der Waals surface area contributed by atoms with Crippen molar-refractivity contribution in [1.29, 1.82) is 0 Å². The van der Waals surface area contributed by atoms with E-state index in [1.165, 1.54) is 23.1 Å². The summed E-state index contributed by atoms with van der Waals surface area (Å²) in [6.45, 7) is 0. The lowest BCUT2D eigenvalue weighted by molar-refractivity contribution is -0.132. The Hall–Kier alpha value is -3.93. The van der Waals surface area contributed by atoms with Gasteiger partial charge in [-0.15, -0.1) is 0 Å². The summed E-state index contributed by atoms with van der Waals surface area (Å²) in [4.78, 5) is 32.1. The standard InChI is InChI=1S/C27H24N2O4/c1-33-22-9-5-4-8-21(22)29-24(18-12-14-28-15-13-18)23(26(31)27(29)32)25(30)20-11-10-17-6-2-3-7-19(17)16-20/h4-5,8-16,24,30H,2-3,6-7H2,1H3/b25-23-. The predicted molar refractivity (Wildman–Crippen MR) is 125 cm³/mol. The Morgan fingerprint density at radius 1 is 1.00 bits per heavy atom. The van der Waals surface area contributed by atoms with Crippen LogP contribution >= 0.6 is 0 Å². The number of hydrogen-bond acceptors (Lipinski definition) is 5. The summed E-state index contributed by atoms with van der Waals surface area (Å²) in [6, 6.07) is 15.5. The molecule has 1 fully saturated rings. The van der Waals surface area contributed by atoms with E-state index in [1.807, 2.05) is 18.2 Å². The Labute approximate surface area is 192 Å². The van der Waals surface area contributed by atoms with Crippen LogP contribution in [0.25, 0.3) is 5.76 Å². The van der Waals surface area contributed by atoms with Gasteiger partial charge >= 0.3 is 0 Å². The first kappa shape index (κ1) is 20.9. The highest BCUT2D eigenvalue weighted by Crippen LogP contribution is 2.44. The zero-order valence-corrected chi connectivity index (χ0v) is 18.3.